The smallest absolute Gasteiger partial charge is 0.394 e. The van der Waals surface area contributed by atoms with Gasteiger partial charge in [0.2, 0.25) is 11.8 Å². The number of likely N-dealkylation sites (tertiary alicyclic amines) is 1. The highest BCUT2D eigenvalue weighted by atomic mass is 19.4. The van der Waals surface area contributed by atoms with Gasteiger partial charge in [-0.3, -0.25) is 9.59 Å². The lowest BCUT2D eigenvalue weighted by atomic mass is 9.71. The number of amides is 2. The van der Waals surface area contributed by atoms with Gasteiger partial charge in [0.1, 0.15) is 6.42 Å². The van der Waals surface area contributed by atoms with Crippen LogP contribution in [0.5, 0.6) is 0 Å². The molecule has 6 nitrogen and oxygen atoms in total. The number of carbonyl (C=O) groups is 2. The number of ether oxygens (including phenoxy) is 1. The summed E-state index contributed by atoms with van der Waals surface area (Å²) in [6.07, 6.45) is -4.99. The van der Waals surface area contributed by atoms with Crippen molar-refractivity contribution in [2.24, 2.45) is 5.92 Å². The number of para-hydroxylation sites is 1. The van der Waals surface area contributed by atoms with E-state index in [1.165, 1.54) is 0 Å². The fourth-order valence-electron chi connectivity index (χ4n) is 4.85. The Bertz CT molecular complexity index is 794. The molecular formula is C20H23F3N2O4. The summed E-state index contributed by atoms with van der Waals surface area (Å²) in [6.45, 7) is 0.741. The first-order valence-electron chi connectivity index (χ1n) is 9.78. The van der Waals surface area contributed by atoms with E-state index in [0.717, 1.165) is 4.90 Å². The van der Waals surface area contributed by atoms with Crippen LogP contribution in [0.2, 0.25) is 0 Å². The van der Waals surface area contributed by atoms with Crippen LogP contribution in [-0.2, 0) is 14.3 Å². The van der Waals surface area contributed by atoms with Gasteiger partial charge < -0.3 is 19.6 Å². The number of rotatable bonds is 3. The molecule has 0 aromatic heterocycles. The van der Waals surface area contributed by atoms with Crippen LogP contribution in [-0.4, -0.2) is 66.4 Å². The van der Waals surface area contributed by atoms with Gasteiger partial charge in [0.15, 0.2) is 0 Å². The van der Waals surface area contributed by atoms with Crippen molar-refractivity contribution in [1.29, 1.82) is 0 Å². The van der Waals surface area contributed by atoms with Crippen molar-refractivity contribution >= 4 is 17.5 Å². The average molecular weight is 412 g/mol. The molecule has 1 aromatic carbocycles. The number of alkyl halides is 3. The summed E-state index contributed by atoms with van der Waals surface area (Å²) in [5.41, 5.74) is 1.13. The largest absolute Gasteiger partial charge is 0.397 e. The van der Waals surface area contributed by atoms with E-state index in [1.807, 2.05) is 0 Å². The van der Waals surface area contributed by atoms with Crippen LogP contribution in [0, 0.1) is 5.92 Å². The molecule has 9 heteroatoms. The van der Waals surface area contributed by atoms with Crippen LogP contribution in [0.3, 0.4) is 0 Å². The normalized spacial score (nSPS) is 27.1. The highest BCUT2D eigenvalue weighted by Crippen LogP contribution is 2.49. The van der Waals surface area contributed by atoms with E-state index in [2.05, 4.69) is 0 Å². The quantitative estimate of drug-likeness (QED) is 0.825. The Balaban J connectivity index is 1.63. The summed E-state index contributed by atoms with van der Waals surface area (Å²) in [5, 5.41) is 9.95. The first kappa shape index (κ1) is 20.2. The Hall–Kier alpha value is -2.13. The lowest BCUT2D eigenvalue weighted by Gasteiger charge is -2.59. The van der Waals surface area contributed by atoms with Crippen LogP contribution in [0.25, 0.3) is 0 Å². The summed E-state index contributed by atoms with van der Waals surface area (Å²) in [4.78, 5) is 28.2. The summed E-state index contributed by atoms with van der Waals surface area (Å²) in [7, 11) is 0. The number of benzene rings is 1. The monoisotopic (exact) mass is 412 g/mol. The van der Waals surface area contributed by atoms with Gasteiger partial charge in [-0.25, -0.2) is 0 Å². The zero-order valence-corrected chi connectivity index (χ0v) is 15.8. The summed E-state index contributed by atoms with van der Waals surface area (Å²) < 4.78 is 43.8. The van der Waals surface area contributed by atoms with Crippen LogP contribution < -0.4 is 4.90 Å². The molecule has 0 aliphatic carbocycles. The maximum absolute atomic E-state index is 13.1. The number of aliphatic hydroxyl groups excluding tert-OH is 1. The van der Waals surface area contributed by atoms with Crippen molar-refractivity contribution < 1.29 is 32.6 Å². The van der Waals surface area contributed by atoms with Gasteiger partial charge in [0.25, 0.3) is 0 Å². The lowest BCUT2D eigenvalue weighted by Crippen LogP contribution is -2.71. The van der Waals surface area contributed by atoms with Crippen LogP contribution in [0.1, 0.15) is 30.7 Å². The maximum atomic E-state index is 13.1. The molecule has 0 saturated carbocycles. The molecule has 29 heavy (non-hydrogen) atoms. The lowest BCUT2D eigenvalue weighted by molar-refractivity contribution is -0.160. The van der Waals surface area contributed by atoms with E-state index < -0.39 is 30.6 Å². The van der Waals surface area contributed by atoms with Crippen molar-refractivity contribution in [1.82, 2.24) is 4.90 Å². The van der Waals surface area contributed by atoms with Crippen LogP contribution in [0.4, 0.5) is 18.9 Å². The average Bonchev–Trinajstić information content (AvgIpc) is 2.67. The van der Waals surface area contributed by atoms with Gasteiger partial charge in [-0.1, -0.05) is 18.2 Å². The minimum atomic E-state index is -4.60. The third kappa shape index (κ3) is 3.61. The fraction of sp³-hybridized carbons (Fsp3) is 0.600. The predicted molar refractivity (Wildman–Crippen MR) is 97.3 cm³/mol. The molecule has 0 bridgehead atoms. The van der Waals surface area contributed by atoms with Gasteiger partial charge in [0, 0.05) is 37.3 Å². The molecule has 0 spiro atoms. The van der Waals surface area contributed by atoms with Gasteiger partial charge in [0.05, 0.1) is 18.7 Å². The molecule has 3 heterocycles. The number of aliphatic hydroxyl groups is 1. The van der Waals surface area contributed by atoms with Gasteiger partial charge >= 0.3 is 6.18 Å². The fourth-order valence-corrected chi connectivity index (χ4v) is 4.85. The number of fused-ring (bicyclic) bond motifs is 3. The number of hydrogen-bond donors (Lipinski definition) is 1. The van der Waals surface area contributed by atoms with Gasteiger partial charge in [-0.2, -0.15) is 13.2 Å². The van der Waals surface area contributed by atoms with Crippen molar-refractivity contribution in [3.8, 4) is 0 Å². The first-order chi connectivity index (χ1) is 13.8. The Morgan fingerprint density at radius 3 is 2.52 bits per heavy atom. The van der Waals surface area contributed by atoms with Crippen molar-refractivity contribution in [3.63, 3.8) is 0 Å². The molecule has 2 saturated heterocycles. The molecule has 0 radical (unpaired) electrons. The van der Waals surface area contributed by atoms with E-state index in [4.69, 9.17) is 4.74 Å². The second-order valence-electron chi connectivity index (χ2n) is 7.83. The van der Waals surface area contributed by atoms with Crippen LogP contribution in [0.15, 0.2) is 24.3 Å². The molecule has 0 unspecified atom stereocenters. The molecule has 3 aliphatic rings. The molecule has 3 aliphatic heterocycles. The summed E-state index contributed by atoms with van der Waals surface area (Å²) in [6, 6.07) is 5.94. The summed E-state index contributed by atoms with van der Waals surface area (Å²) in [5.74, 6) is -1.57. The molecule has 2 fully saturated rings. The Kier molecular flexibility index (Phi) is 5.29. The van der Waals surface area contributed by atoms with Gasteiger partial charge in [-0.15, -0.1) is 0 Å². The standard InChI is InChI=1S/C20H23F3N2O4/c21-20(22,23)9-17(27)24-10-15-18(13-3-1-2-4-14(13)24)16(11-26)25(15)19(28)12-5-7-29-8-6-12/h1-4,12,15-16,18,26H,5-11H2/t15-,16+,18+/m0/s1. The predicted octanol–water partition coefficient (Wildman–Crippen LogP) is 2.07. The van der Waals surface area contributed by atoms with E-state index in [9.17, 15) is 27.9 Å². The van der Waals surface area contributed by atoms with Crippen molar-refractivity contribution in [2.75, 3.05) is 31.3 Å². The Morgan fingerprint density at radius 2 is 1.86 bits per heavy atom. The molecule has 2 amide bonds. The third-order valence-electron chi connectivity index (χ3n) is 6.16. The Labute approximate surface area is 166 Å². The van der Waals surface area contributed by atoms with E-state index in [1.54, 1.807) is 29.2 Å². The number of carbonyl (C=O) groups excluding carboxylic acids is 2. The number of hydrogen-bond acceptors (Lipinski definition) is 4. The van der Waals surface area contributed by atoms with Crippen LogP contribution >= 0.6 is 0 Å². The second kappa shape index (κ2) is 7.60. The molecule has 4 rings (SSSR count). The van der Waals surface area contributed by atoms with E-state index >= 15 is 0 Å². The second-order valence-corrected chi connectivity index (χ2v) is 7.83. The molecular weight excluding hydrogens is 389 g/mol. The van der Waals surface area contributed by atoms with E-state index in [0.29, 0.717) is 37.3 Å². The topological polar surface area (TPSA) is 70.1 Å². The Morgan fingerprint density at radius 1 is 1.17 bits per heavy atom. The summed E-state index contributed by atoms with van der Waals surface area (Å²) >= 11 is 0. The first-order valence-corrected chi connectivity index (χ1v) is 9.78. The molecule has 3 atom stereocenters. The minimum absolute atomic E-state index is 0.00204. The highest BCUT2D eigenvalue weighted by Gasteiger charge is 2.56. The maximum Gasteiger partial charge on any atom is 0.397 e. The van der Waals surface area contributed by atoms with Gasteiger partial charge in [-0.05, 0) is 24.5 Å². The number of anilines is 1. The zero-order valence-electron chi connectivity index (χ0n) is 15.8. The van der Waals surface area contributed by atoms with Crippen molar-refractivity contribution in [3.05, 3.63) is 29.8 Å². The zero-order chi connectivity index (χ0) is 20.8. The number of nitrogens with zero attached hydrogens (tertiary/aromatic N) is 2. The highest BCUT2D eigenvalue weighted by molar-refractivity contribution is 5.96. The minimum Gasteiger partial charge on any atom is -0.394 e. The van der Waals surface area contributed by atoms with Crippen molar-refractivity contribution in [2.45, 2.75) is 43.4 Å². The SMILES string of the molecule is O=C(CC(F)(F)F)N1C[C@H]2[C@@H](c3ccccc31)[C@@H](CO)N2C(=O)C1CCOCC1. The molecule has 158 valence electrons. The molecule has 1 aromatic rings. The third-order valence-corrected chi connectivity index (χ3v) is 6.16. The van der Waals surface area contributed by atoms with E-state index in [-0.39, 0.29) is 30.9 Å². The molecule has 1 N–H and O–H groups in total. The number of halogens is 3.